The molecule has 21 heavy (non-hydrogen) atoms. The van der Waals surface area contributed by atoms with Crippen LogP contribution in [0.4, 0.5) is 0 Å². The van der Waals surface area contributed by atoms with Gasteiger partial charge in [-0.3, -0.25) is 4.90 Å². The molecular formula is C18H38N2O. The summed E-state index contributed by atoms with van der Waals surface area (Å²) in [4.78, 5) is 2.64. The Balaban J connectivity index is 2.29. The summed E-state index contributed by atoms with van der Waals surface area (Å²) < 4.78 is 6.24. The fourth-order valence-electron chi connectivity index (χ4n) is 2.97. The largest absolute Gasteiger partial charge is 0.372 e. The molecule has 1 saturated heterocycles. The predicted octanol–water partition coefficient (Wildman–Crippen LogP) is 3.68. The second-order valence-electron chi connectivity index (χ2n) is 7.12. The average molecular weight is 299 g/mol. The minimum Gasteiger partial charge on any atom is -0.372 e. The molecule has 0 radical (unpaired) electrons. The van der Waals surface area contributed by atoms with Crippen LogP contribution in [0, 0.1) is 5.92 Å². The second kappa shape index (κ2) is 10.6. The van der Waals surface area contributed by atoms with E-state index in [0.717, 1.165) is 25.6 Å². The van der Waals surface area contributed by atoms with Gasteiger partial charge >= 0.3 is 0 Å². The third kappa shape index (κ3) is 7.62. The Morgan fingerprint density at radius 3 is 2.48 bits per heavy atom. The molecule has 1 fully saturated rings. The molecule has 1 aliphatic rings. The molecule has 3 unspecified atom stereocenters. The van der Waals surface area contributed by atoms with Gasteiger partial charge in [0.05, 0.1) is 12.2 Å². The normalized spacial score (nSPS) is 24.1. The van der Waals surface area contributed by atoms with Crippen molar-refractivity contribution in [2.24, 2.45) is 5.92 Å². The van der Waals surface area contributed by atoms with Gasteiger partial charge in [-0.05, 0) is 51.6 Å². The van der Waals surface area contributed by atoms with Crippen molar-refractivity contribution in [3.8, 4) is 0 Å². The molecule has 0 aromatic carbocycles. The molecule has 0 aliphatic carbocycles. The number of nitrogens with zero attached hydrogens (tertiary/aromatic N) is 1. The lowest BCUT2D eigenvalue weighted by molar-refractivity contribution is 0.0149. The third-order valence-electron chi connectivity index (χ3n) is 4.57. The number of hydrogen-bond donors (Lipinski definition) is 1. The molecule has 1 rings (SSSR count). The quantitative estimate of drug-likeness (QED) is 0.630. The Kier molecular flexibility index (Phi) is 9.54. The van der Waals surface area contributed by atoms with E-state index >= 15 is 0 Å². The fourth-order valence-corrected chi connectivity index (χ4v) is 2.97. The van der Waals surface area contributed by atoms with Crippen LogP contribution >= 0.6 is 0 Å². The van der Waals surface area contributed by atoms with Crippen LogP contribution < -0.4 is 5.32 Å². The van der Waals surface area contributed by atoms with E-state index in [1.807, 2.05) is 0 Å². The van der Waals surface area contributed by atoms with Gasteiger partial charge in [-0.15, -0.1) is 0 Å². The molecule has 3 heteroatoms. The molecule has 0 aromatic heterocycles. The van der Waals surface area contributed by atoms with Gasteiger partial charge in [0.25, 0.3) is 0 Å². The van der Waals surface area contributed by atoms with E-state index in [1.165, 1.54) is 38.6 Å². The smallest absolute Gasteiger partial charge is 0.0707 e. The number of nitrogens with one attached hydrogen (secondary N) is 1. The van der Waals surface area contributed by atoms with Crippen molar-refractivity contribution >= 4 is 0 Å². The van der Waals surface area contributed by atoms with Gasteiger partial charge in [-0.1, -0.05) is 34.1 Å². The van der Waals surface area contributed by atoms with Crippen LogP contribution in [0.25, 0.3) is 0 Å². The van der Waals surface area contributed by atoms with Crippen LogP contribution in [0.2, 0.25) is 0 Å². The summed E-state index contributed by atoms with van der Waals surface area (Å²) in [5, 5.41) is 3.53. The van der Waals surface area contributed by atoms with Gasteiger partial charge in [0, 0.05) is 19.1 Å². The van der Waals surface area contributed by atoms with Crippen molar-refractivity contribution in [2.45, 2.75) is 85.0 Å². The predicted molar refractivity (Wildman–Crippen MR) is 91.8 cm³/mol. The molecule has 0 aromatic rings. The molecule has 0 bridgehead atoms. The summed E-state index contributed by atoms with van der Waals surface area (Å²) in [6, 6.07) is 0.679. The number of ether oxygens (including phenoxy) is 1. The van der Waals surface area contributed by atoms with Crippen LogP contribution in [-0.2, 0) is 4.74 Å². The van der Waals surface area contributed by atoms with Crippen LogP contribution in [0.1, 0.15) is 66.7 Å². The highest BCUT2D eigenvalue weighted by atomic mass is 16.5. The Hall–Kier alpha value is -0.120. The maximum absolute atomic E-state index is 6.24. The van der Waals surface area contributed by atoms with Gasteiger partial charge in [0.1, 0.15) is 0 Å². The molecule has 1 N–H and O–H groups in total. The summed E-state index contributed by atoms with van der Waals surface area (Å²) in [5.74, 6) is 0.720. The van der Waals surface area contributed by atoms with E-state index in [9.17, 15) is 0 Å². The van der Waals surface area contributed by atoms with E-state index in [2.05, 4.69) is 44.8 Å². The van der Waals surface area contributed by atoms with Crippen molar-refractivity contribution < 1.29 is 4.74 Å². The molecule has 0 spiro atoms. The highest BCUT2D eigenvalue weighted by Gasteiger charge is 2.27. The third-order valence-corrected chi connectivity index (χ3v) is 4.57. The Labute approximate surface area is 132 Å². The van der Waals surface area contributed by atoms with Crippen molar-refractivity contribution in [2.75, 3.05) is 26.2 Å². The van der Waals surface area contributed by atoms with Crippen LogP contribution in [0.5, 0.6) is 0 Å². The van der Waals surface area contributed by atoms with E-state index in [0.29, 0.717) is 18.2 Å². The number of rotatable bonds is 11. The van der Waals surface area contributed by atoms with Crippen LogP contribution in [-0.4, -0.2) is 49.3 Å². The Morgan fingerprint density at radius 2 is 1.86 bits per heavy atom. The molecule has 3 atom stereocenters. The van der Waals surface area contributed by atoms with Crippen LogP contribution in [0.15, 0.2) is 0 Å². The van der Waals surface area contributed by atoms with Gasteiger partial charge in [-0.25, -0.2) is 0 Å². The lowest BCUT2D eigenvalue weighted by atomic mass is 10.1. The minimum absolute atomic E-state index is 0.429. The molecule has 0 amide bonds. The number of hydrogen-bond acceptors (Lipinski definition) is 3. The maximum Gasteiger partial charge on any atom is 0.0707 e. The van der Waals surface area contributed by atoms with Crippen molar-refractivity contribution in [1.29, 1.82) is 0 Å². The minimum atomic E-state index is 0.429. The second-order valence-corrected chi connectivity index (χ2v) is 7.12. The zero-order valence-electron chi connectivity index (χ0n) is 15.0. The lowest BCUT2D eigenvalue weighted by Gasteiger charge is -2.30. The molecule has 0 saturated carbocycles. The Bertz CT molecular complexity index is 258. The fraction of sp³-hybridized carbons (Fsp3) is 1.00. The van der Waals surface area contributed by atoms with E-state index in [1.54, 1.807) is 0 Å². The summed E-state index contributed by atoms with van der Waals surface area (Å²) >= 11 is 0. The summed E-state index contributed by atoms with van der Waals surface area (Å²) in [7, 11) is 0. The van der Waals surface area contributed by atoms with E-state index in [-0.39, 0.29) is 0 Å². The first-order chi connectivity index (χ1) is 10.1. The highest BCUT2D eigenvalue weighted by molar-refractivity contribution is 4.79. The molecule has 1 aliphatic heterocycles. The first-order valence-corrected chi connectivity index (χ1v) is 9.16. The first-order valence-electron chi connectivity index (χ1n) is 9.16. The standard InChI is InChI=1S/C18H38N2O/c1-6-8-11-20(16(5)7-2)14-18-10-9-17(21-18)13-19-12-15(3)4/h15-19H,6-14H2,1-5H3. The van der Waals surface area contributed by atoms with Crippen molar-refractivity contribution in [3.05, 3.63) is 0 Å². The average Bonchev–Trinajstić information content (AvgIpc) is 2.89. The summed E-state index contributed by atoms with van der Waals surface area (Å²) in [5.41, 5.74) is 0. The molecule has 3 nitrogen and oxygen atoms in total. The maximum atomic E-state index is 6.24. The van der Waals surface area contributed by atoms with E-state index in [4.69, 9.17) is 4.74 Å². The molecular weight excluding hydrogens is 260 g/mol. The van der Waals surface area contributed by atoms with Crippen molar-refractivity contribution in [1.82, 2.24) is 10.2 Å². The Morgan fingerprint density at radius 1 is 1.14 bits per heavy atom. The van der Waals surface area contributed by atoms with Gasteiger partial charge in [-0.2, -0.15) is 0 Å². The van der Waals surface area contributed by atoms with Gasteiger partial charge in [0.15, 0.2) is 0 Å². The lowest BCUT2D eigenvalue weighted by Crippen LogP contribution is -2.40. The zero-order valence-corrected chi connectivity index (χ0v) is 15.0. The van der Waals surface area contributed by atoms with E-state index < -0.39 is 0 Å². The highest BCUT2D eigenvalue weighted by Crippen LogP contribution is 2.21. The summed E-state index contributed by atoms with van der Waals surface area (Å²) in [6.45, 7) is 15.9. The summed E-state index contributed by atoms with van der Waals surface area (Å²) in [6.07, 6.45) is 7.14. The first kappa shape index (κ1) is 18.9. The monoisotopic (exact) mass is 298 g/mol. The van der Waals surface area contributed by atoms with Gasteiger partial charge < -0.3 is 10.1 Å². The molecule has 126 valence electrons. The SMILES string of the molecule is CCCCN(CC1CCC(CNCC(C)C)O1)C(C)CC. The van der Waals surface area contributed by atoms with Crippen molar-refractivity contribution in [3.63, 3.8) is 0 Å². The zero-order chi connectivity index (χ0) is 15.7. The number of unbranched alkanes of at least 4 members (excludes halogenated alkanes) is 1. The molecule has 1 heterocycles. The topological polar surface area (TPSA) is 24.5 Å². The van der Waals surface area contributed by atoms with Gasteiger partial charge in [0.2, 0.25) is 0 Å². The van der Waals surface area contributed by atoms with Crippen LogP contribution in [0.3, 0.4) is 0 Å².